The lowest BCUT2D eigenvalue weighted by Gasteiger charge is -2.18. The third-order valence-corrected chi connectivity index (χ3v) is 5.70. The van der Waals surface area contributed by atoms with Crippen molar-refractivity contribution in [2.75, 3.05) is 6.61 Å². The number of rotatable bonds is 3. The zero-order valence-corrected chi connectivity index (χ0v) is 14.3. The number of benzene rings is 2. The van der Waals surface area contributed by atoms with Gasteiger partial charge in [-0.25, -0.2) is 8.42 Å². The van der Waals surface area contributed by atoms with Gasteiger partial charge in [-0.3, -0.25) is 0 Å². The molecule has 1 atom stereocenters. The molecule has 2 aromatic carbocycles. The zero-order chi connectivity index (χ0) is 18.9. The molecule has 0 aliphatic heterocycles. The van der Waals surface area contributed by atoms with E-state index < -0.39 is 26.2 Å². The number of alkyl halides is 3. The van der Waals surface area contributed by atoms with Crippen molar-refractivity contribution in [3.8, 4) is 0 Å². The second-order valence-electron chi connectivity index (χ2n) is 5.79. The van der Waals surface area contributed by atoms with Gasteiger partial charge >= 0.3 is 5.51 Å². The van der Waals surface area contributed by atoms with Gasteiger partial charge in [-0.05, 0) is 34.4 Å². The fraction of sp³-hybridized carbons (Fsp3) is 0.158. The predicted octanol–water partition coefficient (Wildman–Crippen LogP) is 4.14. The minimum absolute atomic E-state index is 0.234. The van der Waals surface area contributed by atoms with E-state index in [4.69, 9.17) is 5.11 Å². The quantitative estimate of drug-likeness (QED) is 0.814. The molecule has 0 amide bonds. The van der Waals surface area contributed by atoms with Gasteiger partial charge in [0, 0.05) is 5.92 Å². The second-order valence-corrected chi connectivity index (χ2v) is 7.73. The Balaban J connectivity index is 2.24. The molecule has 0 saturated heterocycles. The summed E-state index contributed by atoms with van der Waals surface area (Å²) >= 11 is 0. The zero-order valence-electron chi connectivity index (χ0n) is 13.4. The van der Waals surface area contributed by atoms with Crippen LogP contribution in [-0.4, -0.2) is 25.6 Å². The highest BCUT2D eigenvalue weighted by Gasteiger charge is 2.47. The van der Waals surface area contributed by atoms with E-state index in [2.05, 4.69) is 0 Å². The smallest absolute Gasteiger partial charge is 0.392 e. The number of hydrogen-bond donors (Lipinski definition) is 1. The maximum absolute atomic E-state index is 12.9. The van der Waals surface area contributed by atoms with Gasteiger partial charge in [0.25, 0.3) is 9.84 Å². The second kappa shape index (κ2) is 6.74. The summed E-state index contributed by atoms with van der Waals surface area (Å²) in [5, 5.41) is 9.11. The molecule has 3 nitrogen and oxygen atoms in total. The molecule has 3 rings (SSSR count). The van der Waals surface area contributed by atoms with Crippen molar-refractivity contribution < 1.29 is 26.7 Å². The van der Waals surface area contributed by atoms with Crippen molar-refractivity contribution in [1.29, 1.82) is 0 Å². The molecule has 0 saturated carbocycles. The molecule has 0 radical (unpaired) electrons. The number of halogens is 3. The summed E-state index contributed by atoms with van der Waals surface area (Å²) in [5.41, 5.74) is -2.63. The van der Waals surface area contributed by atoms with Crippen LogP contribution in [0, 0.1) is 0 Å². The van der Waals surface area contributed by atoms with Crippen molar-refractivity contribution in [3.63, 3.8) is 0 Å². The summed E-state index contributed by atoms with van der Waals surface area (Å²) in [6, 6.07) is 10.7. The van der Waals surface area contributed by atoms with Gasteiger partial charge in [-0.2, -0.15) is 13.2 Å². The van der Waals surface area contributed by atoms with E-state index in [-0.39, 0.29) is 6.61 Å². The highest BCUT2D eigenvalue weighted by atomic mass is 32.2. The molecular formula is C19H15F3O3S. The number of allylic oxidation sites excluding steroid dienone is 1. The third-order valence-electron chi connectivity index (χ3n) is 4.22. The minimum Gasteiger partial charge on any atom is -0.392 e. The first-order chi connectivity index (χ1) is 12.3. The Kier molecular flexibility index (Phi) is 4.77. The highest BCUT2D eigenvalue weighted by molar-refractivity contribution is 7.92. The average Bonchev–Trinajstić information content (AvgIpc) is 2.75. The van der Waals surface area contributed by atoms with E-state index >= 15 is 0 Å². The lowest BCUT2D eigenvalue weighted by molar-refractivity contribution is -0.0436. The first-order valence-electron chi connectivity index (χ1n) is 7.75. The van der Waals surface area contributed by atoms with E-state index in [9.17, 15) is 21.6 Å². The standard InChI is InChI=1S/C19H15F3O3S/c20-19(21,22)26(24,25)15-10-9-14-8-7-13-4-1-2-5-16(13)17(6-3-11-23)18(14)12-15/h1-10,12,17,23H,11H2. The van der Waals surface area contributed by atoms with E-state index in [1.165, 1.54) is 12.1 Å². The Labute approximate surface area is 149 Å². The van der Waals surface area contributed by atoms with Crippen molar-refractivity contribution >= 4 is 22.0 Å². The van der Waals surface area contributed by atoms with Gasteiger partial charge in [0.1, 0.15) is 0 Å². The lowest BCUT2D eigenvalue weighted by atomic mass is 9.87. The van der Waals surface area contributed by atoms with Gasteiger partial charge in [0.15, 0.2) is 0 Å². The van der Waals surface area contributed by atoms with Crippen LogP contribution in [0.3, 0.4) is 0 Å². The van der Waals surface area contributed by atoms with Crippen LogP contribution in [0.5, 0.6) is 0 Å². The van der Waals surface area contributed by atoms with Crippen LogP contribution in [0.2, 0.25) is 0 Å². The van der Waals surface area contributed by atoms with Crippen molar-refractivity contribution in [3.05, 3.63) is 76.9 Å². The van der Waals surface area contributed by atoms with Crippen molar-refractivity contribution in [2.45, 2.75) is 16.3 Å². The maximum atomic E-state index is 12.9. The summed E-state index contributed by atoms with van der Waals surface area (Å²) in [5.74, 6) is -0.480. The molecular weight excluding hydrogens is 365 g/mol. The molecule has 2 aromatic rings. The first-order valence-corrected chi connectivity index (χ1v) is 9.24. The van der Waals surface area contributed by atoms with Crippen molar-refractivity contribution in [2.24, 2.45) is 0 Å². The van der Waals surface area contributed by atoms with E-state index in [0.717, 1.165) is 23.3 Å². The fourth-order valence-electron chi connectivity index (χ4n) is 2.97. The molecule has 1 aliphatic carbocycles. The molecule has 0 aromatic heterocycles. The van der Waals surface area contributed by atoms with Gasteiger partial charge in [-0.1, -0.05) is 54.6 Å². The molecule has 0 fully saturated rings. The summed E-state index contributed by atoms with van der Waals surface area (Å²) in [4.78, 5) is -0.793. The lowest BCUT2D eigenvalue weighted by Crippen LogP contribution is -2.23. The number of aliphatic hydroxyl groups is 1. The van der Waals surface area contributed by atoms with Crippen LogP contribution in [0.4, 0.5) is 13.2 Å². The Morgan fingerprint density at radius 2 is 1.65 bits per heavy atom. The average molecular weight is 380 g/mol. The monoisotopic (exact) mass is 380 g/mol. The summed E-state index contributed by atoms with van der Waals surface area (Å²) in [6.45, 7) is -0.234. The number of aliphatic hydroxyl groups excluding tert-OH is 1. The topological polar surface area (TPSA) is 54.4 Å². The largest absolute Gasteiger partial charge is 0.501 e. The number of sulfone groups is 1. The van der Waals surface area contributed by atoms with E-state index in [1.807, 2.05) is 24.3 Å². The summed E-state index contributed by atoms with van der Waals surface area (Å²) < 4.78 is 62.3. The van der Waals surface area contributed by atoms with E-state index in [1.54, 1.807) is 18.2 Å². The Hall–Kier alpha value is -2.38. The van der Waals surface area contributed by atoms with E-state index in [0.29, 0.717) is 11.1 Å². The highest BCUT2D eigenvalue weighted by Crippen LogP contribution is 2.38. The minimum atomic E-state index is -5.44. The summed E-state index contributed by atoms with van der Waals surface area (Å²) in [7, 11) is -5.44. The SMILES string of the molecule is O=S(=O)(c1ccc2c(c1)C(C=CCO)c1ccccc1C=C2)C(F)(F)F. The van der Waals surface area contributed by atoms with Crippen LogP contribution < -0.4 is 0 Å². The van der Waals surface area contributed by atoms with Crippen LogP contribution in [0.25, 0.3) is 12.2 Å². The first kappa shape index (κ1) is 18.4. The van der Waals surface area contributed by atoms with Gasteiger partial charge in [0.05, 0.1) is 11.5 Å². The van der Waals surface area contributed by atoms with Gasteiger partial charge < -0.3 is 5.11 Å². The Morgan fingerprint density at radius 3 is 2.31 bits per heavy atom. The van der Waals surface area contributed by atoms with Crippen LogP contribution in [0.1, 0.15) is 28.2 Å². The molecule has 0 bridgehead atoms. The van der Waals surface area contributed by atoms with Crippen LogP contribution >= 0.6 is 0 Å². The van der Waals surface area contributed by atoms with Gasteiger partial charge in [-0.15, -0.1) is 0 Å². The number of fused-ring (bicyclic) bond motifs is 2. The molecule has 1 unspecified atom stereocenters. The Morgan fingerprint density at radius 1 is 1.00 bits per heavy atom. The molecule has 1 aliphatic rings. The molecule has 0 spiro atoms. The predicted molar refractivity (Wildman–Crippen MR) is 93.1 cm³/mol. The molecule has 26 heavy (non-hydrogen) atoms. The molecule has 136 valence electrons. The number of hydrogen-bond acceptors (Lipinski definition) is 3. The summed E-state index contributed by atoms with van der Waals surface area (Å²) in [6.07, 6.45) is 6.72. The van der Waals surface area contributed by atoms with Crippen molar-refractivity contribution in [1.82, 2.24) is 0 Å². The van der Waals surface area contributed by atoms with Gasteiger partial charge in [0.2, 0.25) is 0 Å². The van der Waals surface area contributed by atoms with Crippen LogP contribution in [0.15, 0.2) is 59.5 Å². The molecule has 7 heteroatoms. The third kappa shape index (κ3) is 3.20. The molecule has 0 heterocycles. The normalized spacial score (nSPS) is 17.0. The fourth-order valence-corrected chi connectivity index (χ4v) is 3.77. The Bertz CT molecular complexity index is 989. The molecule has 1 N–H and O–H groups in total. The maximum Gasteiger partial charge on any atom is 0.501 e. The van der Waals surface area contributed by atoms with Crippen LogP contribution in [-0.2, 0) is 9.84 Å².